The number of carbonyl (C=O) groups is 1. The summed E-state index contributed by atoms with van der Waals surface area (Å²) in [5.41, 5.74) is 2.93. The van der Waals surface area contributed by atoms with Crippen molar-refractivity contribution in [3.05, 3.63) is 53.1 Å². The summed E-state index contributed by atoms with van der Waals surface area (Å²) in [5.74, 6) is -0.264. The van der Waals surface area contributed by atoms with E-state index in [-0.39, 0.29) is 5.91 Å². The molecule has 1 amide bonds. The molecule has 7 heteroatoms. The maximum Gasteiger partial charge on any atom is 0.279 e. The number of hydrogen-bond donors (Lipinski definition) is 2. The number of benzene rings is 1. The Balaban J connectivity index is 1.78. The van der Waals surface area contributed by atoms with Gasteiger partial charge in [0.05, 0.1) is 5.51 Å². The Morgan fingerprint density at radius 2 is 1.95 bits per heavy atom. The Morgan fingerprint density at radius 1 is 1.10 bits per heavy atom. The van der Waals surface area contributed by atoms with Crippen LogP contribution in [0.3, 0.4) is 0 Å². The molecule has 2 aromatic heterocycles. The van der Waals surface area contributed by atoms with Crippen LogP contribution in [0.15, 0.2) is 47.4 Å². The first kappa shape index (κ1) is 12.8. The molecule has 0 aliphatic heterocycles. The molecule has 0 saturated carbocycles. The molecule has 3 aromatic rings. The molecule has 1 aromatic carbocycles. The molecule has 5 nitrogen and oxygen atoms in total. The van der Waals surface area contributed by atoms with Gasteiger partial charge in [-0.1, -0.05) is 18.2 Å². The van der Waals surface area contributed by atoms with Crippen LogP contribution in [0.5, 0.6) is 0 Å². The van der Waals surface area contributed by atoms with E-state index in [1.165, 1.54) is 22.7 Å². The summed E-state index contributed by atoms with van der Waals surface area (Å²) in [5, 5.41) is 9.00. The van der Waals surface area contributed by atoms with Crippen molar-refractivity contribution in [3.8, 4) is 0 Å². The maximum absolute atomic E-state index is 12.1. The van der Waals surface area contributed by atoms with Crippen molar-refractivity contribution in [2.24, 2.45) is 0 Å². The van der Waals surface area contributed by atoms with E-state index >= 15 is 0 Å². The van der Waals surface area contributed by atoms with Crippen LogP contribution in [0, 0.1) is 0 Å². The zero-order valence-corrected chi connectivity index (χ0v) is 11.9. The number of nitrogens with zero attached hydrogens (tertiary/aromatic N) is 2. The monoisotopic (exact) mass is 302 g/mol. The SMILES string of the molecule is O=C(Nc1nccs1)c1ncsc1Nc1ccccc1. The van der Waals surface area contributed by atoms with Gasteiger partial charge in [-0.2, -0.15) is 0 Å². The molecule has 0 unspecified atom stereocenters. The lowest BCUT2D eigenvalue weighted by Crippen LogP contribution is -2.13. The molecule has 2 heterocycles. The van der Waals surface area contributed by atoms with Gasteiger partial charge < -0.3 is 5.32 Å². The van der Waals surface area contributed by atoms with Crippen molar-refractivity contribution in [2.75, 3.05) is 10.6 Å². The fourth-order valence-corrected chi connectivity index (χ4v) is 2.81. The quantitative estimate of drug-likeness (QED) is 0.773. The minimum absolute atomic E-state index is 0.264. The largest absolute Gasteiger partial charge is 0.345 e. The first-order chi connectivity index (χ1) is 9.83. The van der Waals surface area contributed by atoms with Crippen molar-refractivity contribution in [1.82, 2.24) is 9.97 Å². The predicted molar refractivity (Wildman–Crippen MR) is 81.9 cm³/mol. The summed E-state index contributed by atoms with van der Waals surface area (Å²) in [6, 6.07) is 9.66. The van der Waals surface area contributed by atoms with Crippen molar-refractivity contribution in [2.45, 2.75) is 0 Å². The van der Waals surface area contributed by atoms with Gasteiger partial charge in [0, 0.05) is 17.3 Å². The first-order valence-electron chi connectivity index (χ1n) is 5.79. The number of para-hydroxylation sites is 1. The van der Waals surface area contributed by atoms with Gasteiger partial charge in [0.15, 0.2) is 10.8 Å². The topological polar surface area (TPSA) is 66.9 Å². The Morgan fingerprint density at radius 3 is 2.70 bits per heavy atom. The molecule has 20 heavy (non-hydrogen) atoms. The standard InChI is InChI=1S/C13H10N4OS2/c18-11(17-13-14-6-7-19-13)10-12(20-8-15-10)16-9-4-2-1-3-5-9/h1-8,16H,(H,14,17,18). The van der Waals surface area contributed by atoms with E-state index in [1.54, 1.807) is 17.1 Å². The van der Waals surface area contributed by atoms with Crippen LogP contribution in [-0.4, -0.2) is 15.9 Å². The molecule has 0 bridgehead atoms. The number of hydrogen-bond acceptors (Lipinski definition) is 6. The zero-order valence-electron chi connectivity index (χ0n) is 10.2. The molecule has 2 N–H and O–H groups in total. The lowest BCUT2D eigenvalue weighted by atomic mass is 10.3. The molecular weight excluding hydrogens is 292 g/mol. The number of nitrogens with one attached hydrogen (secondary N) is 2. The molecule has 0 radical (unpaired) electrons. The number of anilines is 3. The van der Waals surface area contributed by atoms with E-state index in [4.69, 9.17) is 0 Å². The first-order valence-corrected chi connectivity index (χ1v) is 7.55. The minimum Gasteiger partial charge on any atom is -0.345 e. The van der Waals surface area contributed by atoms with Crippen LogP contribution >= 0.6 is 22.7 Å². The van der Waals surface area contributed by atoms with Gasteiger partial charge in [-0.05, 0) is 12.1 Å². The fraction of sp³-hybridized carbons (Fsp3) is 0. The van der Waals surface area contributed by atoms with Crippen LogP contribution in [0.2, 0.25) is 0 Å². The summed E-state index contributed by atoms with van der Waals surface area (Å²) in [6.45, 7) is 0. The van der Waals surface area contributed by atoms with Gasteiger partial charge in [-0.25, -0.2) is 9.97 Å². The Kier molecular flexibility index (Phi) is 3.71. The highest BCUT2D eigenvalue weighted by molar-refractivity contribution is 7.14. The molecule has 3 rings (SSSR count). The van der Waals surface area contributed by atoms with E-state index in [2.05, 4.69) is 20.6 Å². The highest BCUT2D eigenvalue weighted by Crippen LogP contribution is 2.25. The average molecular weight is 302 g/mol. The molecule has 100 valence electrons. The normalized spacial score (nSPS) is 10.2. The fourth-order valence-electron chi connectivity index (χ4n) is 1.59. The van der Waals surface area contributed by atoms with Crippen molar-refractivity contribution in [3.63, 3.8) is 0 Å². The lowest BCUT2D eigenvalue weighted by molar-refractivity contribution is 0.102. The third-order valence-corrected chi connectivity index (χ3v) is 3.90. The van der Waals surface area contributed by atoms with Crippen molar-refractivity contribution >= 4 is 44.4 Å². The number of carbonyl (C=O) groups excluding carboxylic acids is 1. The summed E-state index contributed by atoms with van der Waals surface area (Å²) in [7, 11) is 0. The van der Waals surface area contributed by atoms with Gasteiger partial charge in [-0.15, -0.1) is 22.7 Å². The van der Waals surface area contributed by atoms with Crippen molar-refractivity contribution < 1.29 is 4.79 Å². The predicted octanol–water partition coefficient (Wildman–Crippen LogP) is 3.60. The van der Waals surface area contributed by atoms with Crippen LogP contribution in [0.25, 0.3) is 0 Å². The summed E-state index contributed by atoms with van der Waals surface area (Å²) in [6.07, 6.45) is 1.64. The van der Waals surface area contributed by atoms with Gasteiger partial charge >= 0.3 is 0 Å². The zero-order chi connectivity index (χ0) is 13.8. The Hall–Kier alpha value is -2.25. The highest BCUT2D eigenvalue weighted by Gasteiger charge is 2.16. The smallest absolute Gasteiger partial charge is 0.279 e. The summed E-state index contributed by atoms with van der Waals surface area (Å²) < 4.78 is 0. The second-order valence-electron chi connectivity index (χ2n) is 3.81. The Bertz CT molecular complexity index is 694. The van der Waals surface area contributed by atoms with Crippen molar-refractivity contribution in [1.29, 1.82) is 0 Å². The van der Waals surface area contributed by atoms with E-state index in [1.807, 2.05) is 30.3 Å². The third-order valence-electron chi connectivity index (χ3n) is 2.47. The highest BCUT2D eigenvalue weighted by atomic mass is 32.1. The number of rotatable bonds is 4. The average Bonchev–Trinajstić information content (AvgIpc) is 3.11. The molecule has 0 aliphatic carbocycles. The molecule has 0 aliphatic rings. The molecular formula is C13H10N4OS2. The molecule has 0 atom stereocenters. The lowest BCUT2D eigenvalue weighted by Gasteiger charge is -2.05. The van der Waals surface area contributed by atoms with Gasteiger partial charge in [-0.3, -0.25) is 10.1 Å². The van der Waals surface area contributed by atoms with E-state index in [9.17, 15) is 4.79 Å². The second kappa shape index (κ2) is 5.81. The number of thiazole rings is 2. The van der Waals surface area contributed by atoms with Crippen LogP contribution in [0.4, 0.5) is 15.8 Å². The minimum atomic E-state index is -0.264. The van der Waals surface area contributed by atoms with E-state index in [0.29, 0.717) is 15.8 Å². The van der Waals surface area contributed by atoms with Crippen LogP contribution in [-0.2, 0) is 0 Å². The molecule has 0 spiro atoms. The van der Waals surface area contributed by atoms with E-state index in [0.717, 1.165) is 5.69 Å². The summed E-state index contributed by atoms with van der Waals surface area (Å²) in [4.78, 5) is 20.3. The second-order valence-corrected chi connectivity index (χ2v) is 5.56. The van der Waals surface area contributed by atoms with Gasteiger partial charge in [0.25, 0.3) is 5.91 Å². The number of aromatic nitrogens is 2. The molecule has 0 fully saturated rings. The maximum atomic E-state index is 12.1. The Labute approximate surface area is 123 Å². The van der Waals surface area contributed by atoms with Gasteiger partial charge in [0.2, 0.25) is 0 Å². The molecule has 0 saturated heterocycles. The van der Waals surface area contributed by atoms with E-state index < -0.39 is 0 Å². The van der Waals surface area contributed by atoms with Gasteiger partial charge in [0.1, 0.15) is 5.00 Å². The number of amides is 1. The summed E-state index contributed by atoms with van der Waals surface area (Å²) >= 11 is 2.76. The van der Waals surface area contributed by atoms with Crippen LogP contribution < -0.4 is 10.6 Å². The van der Waals surface area contributed by atoms with Crippen LogP contribution in [0.1, 0.15) is 10.5 Å². The third kappa shape index (κ3) is 2.84.